The van der Waals surface area contributed by atoms with E-state index in [0.717, 1.165) is 0 Å². The monoisotopic (exact) mass is 155 g/mol. The summed E-state index contributed by atoms with van der Waals surface area (Å²) in [6.07, 6.45) is -0.611. The Hall–Kier alpha value is -1.09. The van der Waals surface area contributed by atoms with Crippen molar-refractivity contribution in [3.05, 3.63) is 30.1 Å². The van der Waals surface area contributed by atoms with Crippen LogP contribution in [0.25, 0.3) is 0 Å². The van der Waals surface area contributed by atoms with E-state index in [1.54, 1.807) is 19.1 Å². The first-order valence-electron chi connectivity index (χ1n) is 3.38. The van der Waals surface area contributed by atoms with Gasteiger partial charge in [-0.1, -0.05) is 0 Å². The Morgan fingerprint density at radius 2 is 1.91 bits per heavy atom. The second-order valence-electron chi connectivity index (χ2n) is 2.33. The van der Waals surface area contributed by atoms with Gasteiger partial charge in [0.15, 0.2) is 0 Å². The van der Waals surface area contributed by atoms with Crippen LogP contribution in [0.2, 0.25) is 0 Å². The van der Waals surface area contributed by atoms with E-state index >= 15 is 0 Å². The maximum absolute atomic E-state index is 12.3. The summed E-state index contributed by atoms with van der Waals surface area (Å²) in [6.45, 7) is 1.60. The van der Waals surface area contributed by atoms with Crippen molar-refractivity contribution in [1.29, 1.82) is 0 Å². The van der Waals surface area contributed by atoms with Crippen LogP contribution in [0.4, 0.5) is 10.1 Å². The molecule has 0 amide bonds. The number of aliphatic hydroxyl groups excluding tert-OH is 1. The van der Waals surface area contributed by atoms with E-state index in [2.05, 4.69) is 5.32 Å². The topological polar surface area (TPSA) is 32.3 Å². The van der Waals surface area contributed by atoms with Crippen molar-refractivity contribution < 1.29 is 9.50 Å². The molecule has 2 N–H and O–H groups in total. The van der Waals surface area contributed by atoms with E-state index in [-0.39, 0.29) is 5.82 Å². The molecule has 60 valence electrons. The van der Waals surface area contributed by atoms with Crippen LogP contribution >= 0.6 is 0 Å². The molecule has 1 atom stereocenters. The third-order valence-electron chi connectivity index (χ3n) is 1.22. The van der Waals surface area contributed by atoms with E-state index in [4.69, 9.17) is 5.11 Å². The van der Waals surface area contributed by atoms with E-state index in [1.165, 1.54) is 12.1 Å². The molecule has 3 heteroatoms. The minimum Gasteiger partial charge on any atom is -0.374 e. The van der Waals surface area contributed by atoms with Crippen molar-refractivity contribution in [2.45, 2.75) is 13.2 Å². The lowest BCUT2D eigenvalue weighted by atomic mass is 10.3. The summed E-state index contributed by atoms with van der Waals surface area (Å²) in [5.74, 6) is -0.277. The quantitative estimate of drug-likeness (QED) is 0.635. The highest BCUT2D eigenvalue weighted by atomic mass is 19.1. The van der Waals surface area contributed by atoms with Crippen LogP contribution in [-0.4, -0.2) is 11.3 Å². The van der Waals surface area contributed by atoms with Crippen LogP contribution in [-0.2, 0) is 0 Å². The Morgan fingerprint density at radius 1 is 1.36 bits per heavy atom. The summed E-state index contributed by atoms with van der Waals surface area (Å²) < 4.78 is 12.3. The summed E-state index contributed by atoms with van der Waals surface area (Å²) >= 11 is 0. The lowest BCUT2D eigenvalue weighted by Gasteiger charge is -2.07. The molecule has 0 aliphatic heterocycles. The van der Waals surface area contributed by atoms with Crippen LogP contribution in [0.15, 0.2) is 24.3 Å². The Kier molecular flexibility index (Phi) is 2.44. The molecule has 0 aromatic heterocycles. The average Bonchev–Trinajstić information content (AvgIpc) is 1.93. The van der Waals surface area contributed by atoms with E-state index < -0.39 is 6.23 Å². The van der Waals surface area contributed by atoms with Gasteiger partial charge in [-0.15, -0.1) is 0 Å². The third kappa shape index (κ3) is 2.55. The second-order valence-corrected chi connectivity index (χ2v) is 2.33. The maximum Gasteiger partial charge on any atom is 0.123 e. The lowest BCUT2D eigenvalue weighted by molar-refractivity contribution is 0.224. The van der Waals surface area contributed by atoms with Crippen molar-refractivity contribution >= 4 is 5.69 Å². The highest BCUT2D eigenvalue weighted by Gasteiger charge is 1.94. The molecule has 0 saturated carbocycles. The molecule has 0 fully saturated rings. The van der Waals surface area contributed by atoms with E-state index in [9.17, 15) is 4.39 Å². The highest BCUT2D eigenvalue weighted by molar-refractivity contribution is 5.42. The first-order valence-corrected chi connectivity index (χ1v) is 3.38. The molecule has 1 unspecified atom stereocenters. The summed E-state index contributed by atoms with van der Waals surface area (Å²) in [5, 5.41) is 11.6. The van der Waals surface area contributed by atoms with Gasteiger partial charge in [0.05, 0.1) is 0 Å². The molecule has 1 aromatic carbocycles. The predicted molar refractivity (Wildman–Crippen MR) is 41.7 cm³/mol. The number of rotatable bonds is 2. The Labute approximate surface area is 64.7 Å². The van der Waals surface area contributed by atoms with Gasteiger partial charge in [0.2, 0.25) is 0 Å². The molecule has 0 spiro atoms. The van der Waals surface area contributed by atoms with Gasteiger partial charge in [-0.2, -0.15) is 0 Å². The van der Waals surface area contributed by atoms with Crippen molar-refractivity contribution in [2.75, 3.05) is 5.32 Å². The predicted octanol–water partition coefficient (Wildman–Crippen LogP) is 1.58. The fourth-order valence-corrected chi connectivity index (χ4v) is 0.787. The van der Waals surface area contributed by atoms with Crippen LogP contribution in [0.5, 0.6) is 0 Å². The number of benzene rings is 1. The Bertz CT molecular complexity index is 220. The first kappa shape index (κ1) is 8.01. The molecule has 0 radical (unpaired) electrons. The fraction of sp³-hybridized carbons (Fsp3) is 0.250. The maximum atomic E-state index is 12.3. The molecule has 0 aliphatic carbocycles. The fourth-order valence-electron chi connectivity index (χ4n) is 0.787. The smallest absolute Gasteiger partial charge is 0.123 e. The van der Waals surface area contributed by atoms with Gasteiger partial charge < -0.3 is 10.4 Å². The number of nitrogens with one attached hydrogen (secondary N) is 1. The van der Waals surface area contributed by atoms with Crippen LogP contribution in [0, 0.1) is 5.82 Å². The van der Waals surface area contributed by atoms with Crippen molar-refractivity contribution in [3.63, 3.8) is 0 Å². The highest BCUT2D eigenvalue weighted by Crippen LogP contribution is 2.08. The lowest BCUT2D eigenvalue weighted by Crippen LogP contribution is -2.12. The van der Waals surface area contributed by atoms with Gasteiger partial charge in [0, 0.05) is 5.69 Å². The van der Waals surface area contributed by atoms with E-state index in [1.807, 2.05) is 0 Å². The van der Waals surface area contributed by atoms with Crippen LogP contribution in [0.3, 0.4) is 0 Å². The van der Waals surface area contributed by atoms with E-state index in [0.29, 0.717) is 5.69 Å². The van der Waals surface area contributed by atoms with Crippen LogP contribution < -0.4 is 5.32 Å². The molecule has 1 aromatic rings. The number of hydrogen-bond donors (Lipinski definition) is 2. The first-order chi connectivity index (χ1) is 5.18. The molecule has 11 heavy (non-hydrogen) atoms. The second kappa shape index (κ2) is 3.34. The molecular formula is C8H10FNO. The van der Waals surface area contributed by atoms with Crippen molar-refractivity contribution in [3.8, 4) is 0 Å². The Morgan fingerprint density at radius 3 is 2.36 bits per heavy atom. The van der Waals surface area contributed by atoms with Gasteiger partial charge in [-0.05, 0) is 31.2 Å². The number of halogens is 1. The summed E-state index contributed by atoms with van der Waals surface area (Å²) in [5.41, 5.74) is 0.710. The Balaban J connectivity index is 2.66. The summed E-state index contributed by atoms with van der Waals surface area (Å²) in [6, 6.07) is 5.82. The van der Waals surface area contributed by atoms with Gasteiger partial charge in [0.1, 0.15) is 12.0 Å². The molecule has 2 nitrogen and oxygen atoms in total. The largest absolute Gasteiger partial charge is 0.374 e. The van der Waals surface area contributed by atoms with Gasteiger partial charge in [-0.3, -0.25) is 0 Å². The average molecular weight is 155 g/mol. The molecule has 0 aliphatic rings. The summed E-state index contributed by atoms with van der Waals surface area (Å²) in [4.78, 5) is 0. The minimum absolute atomic E-state index is 0.277. The standard InChI is InChI=1S/C8H10FNO/c1-6(11)10-8-4-2-7(9)3-5-8/h2-6,10-11H,1H3. The third-order valence-corrected chi connectivity index (χ3v) is 1.22. The molecule has 0 bridgehead atoms. The molecule has 0 heterocycles. The van der Waals surface area contributed by atoms with Crippen molar-refractivity contribution in [1.82, 2.24) is 0 Å². The minimum atomic E-state index is -0.611. The molecule has 1 rings (SSSR count). The molecule has 0 saturated heterocycles. The number of anilines is 1. The number of aliphatic hydroxyl groups is 1. The SMILES string of the molecule is CC(O)Nc1ccc(F)cc1. The zero-order valence-corrected chi connectivity index (χ0v) is 6.21. The van der Waals surface area contributed by atoms with Gasteiger partial charge >= 0.3 is 0 Å². The zero-order valence-electron chi connectivity index (χ0n) is 6.21. The normalized spacial score (nSPS) is 12.6. The zero-order chi connectivity index (χ0) is 8.27. The summed E-state index contributed by atoms with van der Waals surface area (Å²) in [7, 11) is 0. The van der Waals surface area contributed by atoms with Crippen LogP contribution in [0.1, 0.15) is 6.92 Å². The number of hydrogen-bond acceptors (Lipinski definition) is 2. The van der Waals surface area contributed by atoms with Crippen molar-refractivity contribution in [2.24, 2.45) is 0 Å². The van der Waals surface area contributed by atoms with Gasteiger partial charge in [-0.25, -0.2) is 4.39 Å². The molecular weight excluding hydrogens is 145 g/mol. The van der Waals surface area contributed by atoms with Gasteiger partial charge in [0.25, 0.3) is 0 Å².